The molecule has 0 spiro atoms. The van der Waals surface area contributed by atoms with Gasteiger partial charge in [0.05, 0.1) is 10.0 Å². The molecule has 0 amide bonds. The van der Waals surface area contributed by atoms with Gasteiger partial charge in [0.15, 0.2) is 0 Å². The zero-order chi connectivity index (χ0) is 18.8. The van der Waals surface area contributed by atoms with Gasteiger partial charge in [-0.1, -0.05) is 47.5 Å². The predicted molar refractivity (Wildman–Crippen MR) is 100.0 cm³/mol. The van der Waals surface area contributed by atoms with E-state index >= 15 is 0 Å². The van der Waals surface area contributed by atoms with Gasteiger partial charge in [0.1, 0.15) is 35.4 Å². The molecular formula is C20H6Cl2N4. The fourth-order valence-electron chi connectivity index (χ4n) is 2.87. The summed E-state index contributed by atoms with van der Waals surface area (Å²) < 4.78 is 0. The first-order valence-electron chi connectivity index (χ1n) is 7.25. The first kappa shape index (κ1) is 17.3. The maximum absolute atomic E-state index is 9.32. The zero-order valence-electron chi connectivity index (χ0n) is 13.0. The van der Waals surface area contributed by atoms with E-state index in [1.54, 1.807) is 12.1 Å². The molecule has 0 fully saturated rings. The van der Waals surface area contributed by atoms with Crippen LogP contribution in [0.5, 0.6) is 0 Å². The van der Waals surface area contributed by atoms with Crippen molar-refractivity contribution < 1.29 is 0 Å². The summed E-state index contributed by atoms with van der Waals surface area (Å²) in [6.45, 7) is 0. The molecule has 0 aromatic heterocycles. The fraction of sp³-hybridized carbons (Fsp3) is 0. The minimum atomic E-state index is -0.195. The minimum Gasteiger partial charge on any atom is -0.192 e. The van der Waals surface area contributed by atoms with E-state index in [1.807, 2.05) is 48.5 Å². The fourth-order valence-corrected chi connectivity index (χ4v) is 3.45. The van der Waals surface area contributed by atoms with Crippen molar-refractivity contribution >= 4 is 55.9 Å². The number of hydrogen-bond donors (Lipinski definition) is 0. The molecule has 0 unspecified atom stereocenters. The van der Waals surface area contributed by atoms with E-state index in [1.165, 1.54) is 0 Å². The molecule has 0 heterocycles. The SMILES string of the molecule is N#CC(C#N)=c1c(Cl)c(Cl)c(=C(C#N)C#N)c2cc3ccccc3cc12. The lowest BCUT2D eigenvalue weighted by molar-refractivity contribution is 1.48. The molecule has 0 aliphatic heterocycles. The molecule has 0 aliphatic rings. The molecule has 0 N–H and O–H groups in total. The van der Waals surface area contributed by atoms with Crippen molar-refractivity contribution in [1.29, 1.82) is 21.0 Å². The summed E-state index contributed by atoms with van der Waals surface area (Å²) >= 11 is 12.7. The van der Waals surface area contributed by atoms with Crippen molar-refractivity contribution in [3.63, 3.8) is 0 Å². The van der Waals surface area contributed by atoms with E-state index < -0.39 is 0 Å². The number of nitrogens with zero attached hydrogens (tertiary/aromatic N) is 4. The van der Waals surface area contributed by atoms with Crippen LogP contribution in [0.2, 0.25) is 10.0 Å². The highest BCUT2D eigenvalue weighted by molar-refractivity contribution is 6.43. The Morgan fingerprint density at radius 3 is 1.31 bits per heavy atom. The van der Waals surface area contributed by atoms with Crippen LogP contribution >= 0.6 is 23.2 Å². The summed E-state index contributed by atoms with van der Waals surface area (Å²) in [5, 5.41) is 40.3. The summed E-state index contributed by atoms with van der Waals surface area (Å²) in [4.78, 5) is 0. The molecule has 3 rings (SSSR count). The third-order valence-corrected chi connectivity index (χ3v) is 4.86. The van der Waals surface area contributed by atoms with Crippen LogP contribution in [-0.2, 0) is 0 Å². The first-order chi connectivity index (χ1) is 12.6. The smallest absolute Gasteiger partial charge is 0.139 e. The van der Waals surface area contributed by atoms with Crippen LogP contribution in [0.25, 0.3) is 32.7 Å². The monoisotopic (exact) mass is 372 g/mol. The lowest BCUT2D eigenvalue weighted by Gasteiger charge is -2.09. The highest BCUT2D eigenvalue weighted by Gasteiger charge is 2.16. The molecule has 0 atom stereocenters. The van der Waals surface area contributed by atoms with Crippen molar-refractivity contribution in [3.05, 3.63) is 56.9 Å². The lowest BCUT2D eigenvalue weighted by atomic mass is 9.97. The van der Waals surface area contributed by atoms with E-state index in [0.717, 1.165) is 10.8 Å². The Hall–Kier alpha value is -3.54. The summed E-state index contributed by atoms with van der Waals surface area (Å²) in [5.74, 6) is 0. The van der Waals surface area contributed by atoms with Gasteiger partial charge in [-0.25, -0.2) is 0 Å². The average molecular weight is 373 g/mol. The second kappa shape index (κ2) is 6.76. The van der Waals surface area contributed by atoms with Crippen LogP contribution in [0.1, 0.15) is 0 Å². The molecule has 4 nitrogen and oxygen atoms in total. The Labute approximate surface area is 158 Å². The number of benzene rings is 3. The molecule has 120 valence electrons. The third kappa shape index (κ3) is 2.52. The van der Waals surface area contributed by atoms with Crippen LogP contribution in [0, 0.1) is 45.3 Å². The summed E-state index contributed by atoms with van der Waals surface area (Å²) in [7, 11) is 0. The molecule has 26 heavy (non-hydrogen) atoms. The van der Waals surface area contributed by atoms with Crippen molar-refractivity contribution in [2.75, 3.05) is 0 Å². The largest absolute Gasteiger partial charge is 0.192 e. The summed E-state index contributed by atoms with van der Waals surface area (Å²) in [6, 6.07) is 18.3. The highest BCUT2D eigenvalue weighted by Crippen LogP contribution is 2.25. The van der Waals surface area contributed by atoms with Gasteiger partial charge in [0, 0.05) is 10.4 Å². The second-order valence-electron chi connectivity index (χ2n) is 5.32. The van der Waals surface area contributed by atoms with Crippen molar-refractivity contribution in [1.82, 2.24) is 0 Å². The van der Waals surface area contributed by atoms with E-state index in [2.05, 4.69) is 0 Å². The van der Waals surface area contributed by atoms with Gasteiger partial charge >= 0.3 is 0 Å². The normalized spacial score (nSPS) is 9.77. The Morgan fingerprint density at radius 1 is 0.654 bits per heavy atom. The summed E-state index contributed by atoms with van der Waals surface area (Å²) in [5.41, 5.74) is -0.390. The van der Waals surface area contributed by atoms with Gasteiger partial charge in [-0.15, -0.1) is 0 Å². The van der Waals surface area contributed by atoms with Crippen LogP contribution in [0.3, 0.4) is 0 Å². The predicted octanol–water partition coefficient (Wildman–Crippen LogP) is 3.70. The van der Waals surface area contributed by atoms with E-state index in [-0.39, 0.29) is 31.6 Å². The lowest BCUT2D eigenvalue weighted by Crippen LogP contribution is -2.19. The van der Waals surface area contributed by atoms with Crippen LogP contribution < -0.4 is 10.4 Å². The van der Waals surface area contributed by atoms with Crippen LogP contribution in [0.4, 0.5) is 0 Å². The number of nitriles is 4. The third-order valence-electron chi connectivity index (χ3n) is 4.00. The Morgan fingerprint density at radius 2 is 1.00 bits per heavy atom. The van der Waals surface area contributed by atoms with Crippen molar-refractivity contribution in [2.24, 2.45) is 0 Å². The van der Waals surface area contributed by atoms with Crippen molar-refractivity contribution in [3.8, 4) is 24.3 Å². The molecule has 0 saturated carbocycles. The van der Waals surface area contributed by atoms with Gasteiger partial charge in [0.25, 0.3) is 0 Å². The molecule has 0 aliphatic carbocycles. The molecule has 3 aromatic rings. The Balaban J connectivity index is 2.88. The Kier molecular flexibility index (Phi) is 4.49. The average Bonchev–Trinajstić information content (AvgIpc) is 2.67. The number of hydrogen-bond acceptors (Lipinski definition) is 4. The Bertz CT molecular complexity index is 1250. The maximum Gasteiger partial charge on any atom is 0.139 e. The van der Waals surface area contributed by atoms with Gasteiger partial charge < -0.3 is 0 Å². The maximum atomic E-state index is 9.32. The molecule has 0 radical (unpaired) electrons. The topological polar surface area (TPSA) is 95.2 Å². The number of halogens is 2. The quantitative estimate of drug-likeness (QED) is 0.562. The van der Waals surface area contributed by atoms with E-state index in [4.69, 9.17) is 23.2 Å². The highest BCUT2D eigenvalue weighted by atomic mass is 35.5. The van der Waals surface area contributed by atoms with Gasteiger partial charge in [-0.05, 0) is 33.7 Å². The van der Waals surface area contributed by atoms with Crippen LogP contribution in [-0.4, -0.2) is 0 Å². The number of fused-ring (bicyclic) bond motifs is 2. The standard InChI is InChI=1S/C20H6Cl2N4/c21-19-17(13(7-23)8-24)15-5-11-3-1-2-4-12(11)6-16(15)18(20(19)22)14(9-25)10-26/h1-6H. The molecule has 0 bridgehead atoms. The number of rotatable bonds is 0. The van der Waals surface area contributed by atoms with Crippen molar-refractivity contribution in [2.45, 2.75) is 0 Å². The van der Waals surface area contributed by atoms with Gasteiger partial charge in [-0.2, -0.15) is 21.0 Å². The van der Waals surface area contributed by atoms with Crippen LogP contribution in [0.15, 0.2) is 36.4 Å². The van der Waals surface area contributed by atoms with E-state index in [9.17, 15) is 21.0 Å². The summed E-state index contributed by atoms with van der Waals surface area (Å²) in [6.07, 6.45) is 0. The molecule has 3 aromatic carbocycles. The van der Waals surface area contributed by atoms with E-state index in [0.29, 0.717) is 10.8 Å². The van der Waals surface area contributed by atoms with Gasteiger partial charge in [0.2, 0.25) is 0 Å². The van der Waals surface area contributed by atoms with Gasteiger partial charge in [-0.3, -0.25) is 0 Å². The first-order valence-corrected chi connectivity index (χ1v) is 8.01. The second-order valence-corrected chi connectivity index (χ2v) is 6.08. The molecular weight excluding hydrogens is 367 g/mol. The molecule has 0 saturated heterocycles. The molecule has 6 heteroatoms. The zero-order valence-corrected chi connectivity index (χ0v) is 14.5. The minimum absolute atomic E-state index is 0.0365.